The van der Waals surface area contributed by atoms with E-state index in [4.69, 9.17) is 11.6 Å². The maximum atomic E-state index is 12.2. The van der Waals surface area contributed by atoms with Crippen LogP contribution in [0.2, 0.25) is 5.02 Å². The molecule has 2 N–H and O–H groups in total. The molecule has 0 saturated carbocycles. The van der Waals surface area contributed by atoms with Gasteiger partial charge in [-0.1, -0.05) is 23.7 Å². The number of amides is 2. The summed E-state index contributed by atoms with van der Waals surface area (Å²) in [6.45, 7) is 3.01. The van der Waals surface area contributed by atoms with Crippen LogP contribution in [-0.2, 0) is 9.59 Å². The number of hydrogen-bond donors (Lipinski definition) is 2. The van der Waals surface area contributed by atoms with E-state index in [9.17, 15) is 9.59 Å². The molecule has 5 nitrogen and oxygen atoms in total. The summed E-state index contributed by atoms with van der Waals surface area (Å²) in [4.78, 5) is 27.8. The standard InChI is InChI=1S/C19H22ClN3O2S/c1-13-14(20)5-2-6-15(13)22-18(24)11-21-19(25)12-23-9-3-7-16(23)17-8-4-10-26-17/h2,4-6,8,10,16H,3,7,9,11-12H2,1H3,(H,21,25)(H,22,24)/t16-/m1/s1. The van der Waals surface area contributed by atoms with E-state index >= 15 is 0 Å². The first-order valence-electron chi connectivity index (χ1n) is 8.63. The average Bonchev–Trinajstić information content (AvgIpc) is 3.28. The van der Waals surface area contributed by atoms with Crippen LogP contribution in [0, 0.1) is 6.92 Å². The number of halogens is 1. The van der Waals surface area contributed by atoms with Crippen molar-refractivity contribution in [2.75, 3.05) is 25.0 Å². The molecular formula is C19H22ClN3O2S. The molecule has 1 saturated heterocycles. The van der Waals surface area contributed by atoms with E-state index in [1.165, 1.54) is 4.88 Å². The molecular weight excluding hydrogens is 370 g/mol. The van der Waals surface area contributed by atoms with Gasteiger partial charge in [-0.25, -0.2) is 0 Å². The highest BCUT2D eigenvalue weighted by molar-refractivity contribution is 7.10. The number of hydrogen-bond acceptors (Lipinski definition) is 4. The fraction of sp³-hybridized carbons (Fsp3) is 0.368. The molecule has 0 spiro atoms. The van der Waals surface area contributed by atoms with Crippen molar-refractivity contribution in [1.82, 2.24) is 10.2 Å². The highest BCUT2D eigenvalue weighted by Crippen LogP contribution is 2.33. The number of benzene rings is 1. The van der Waals surface area contributed by atoms with Crippen molar-refractivity contribution in [1.29, 1.82) is 0 Å². The second-order valence-electron chi connectivity index (χ2n) is 6.38. The molecule has 0 radical (unpaired) electrons. The Bertz CT molecular complexity index is 779. The van der Waals surface area contributed by atoms with Crippen molar-refractivity contribution in [2.24, 2.45) is 0 Å². The molecule has 7 heteroatoms. The van der Waals surface area contributed by atoms with Crippen molar-refractivity contribution < 1.29 is 9.59 Å². The number of nitrogens with zero attached hydrogens (tertiary/aromatic N) is 1. The van der Waals surface area contributed by atoms with Gasteiger partial charge >= 0.3 is 0 Å². The predicted molar refractivity (Wildman–Crippen MR) is 106 cm³/mol. The average molecular weight is 392 g/mol. The van der Waals surface area contributed by atoms with E-state index in [1.807, 2.05) is 13.0 Å². The van der Waals surface area contributed by atoms with Crippen LogP contribution in [0.15, 0.2) is 35.7 Å². The van der Waals surface area contributed by atoms with Crippen LogP contribution in [0.25, 0.3) is 0 Å². The second-order valence-corrected chi connectivity index (χ2v) is 7.77. The van der Waals surface area contributed by atoms with Gasteiger partial charge in [0.2, 0.25) is 11.8 Å². The van der Waals surface area contributed by atoms with Gasteiger partial charge in [0.15, 0.2) is 0 Å². The highest BCUT2D eigenvalue weighted by atomic mass is 35.5. The molecule has 2 amide bonds. The van der Waals surface area contributed by atoms with Crippen LogP contribution in [0.4, 0.5) is 5.69 Å². The fourth-order valence-electron chi connectivity index (χ4n) is 3.17. The van der Waals surface area contributed by atoms with Gasteiger partial charge in [-0.15, -0.1) is 11.3 Å². The molecule has 2 aromatic rings. The third-order valence-electron chi connectivity index (χ3n) is 4.57. The quantitative estimate of drug-likeness (QED) is 0.790. The second kappa shape index (κ2) is 8.66. The number of likely N-dealkylation sites (tertiary alicyclic amines) is 1. The normalized spacial score (nSPS) is 17.2. The summed E-state index contributed by atoms with van der Waals surface area (Å²) in [6, 6.07) is 9.81. The SMILES string of the molecule is Cc1c(Cl)cccc1NC(=O)CNC(=O)CN1CCC[C@@H]1c1cccs1. The van der Waals surface area contributed by atoms with Crippen LogP contribution in [0.5, 0.6) is 0 Å². The largest absolute Gasteiger partial charge is 0.346 e. The van der Waals surface area contributed by atoms with Gasteiger partial charge in [-0.3, -0.25) is 14.5 Å². The number of nitrogens with one attached hydrogen (secondary N) is 2. The van der Waals surface area contributed by atoms with Gasteiger partial charge in [-0.2, -0.15) is 0 Å². The molecule has 3 rings (SSSR count). The number of rotatable bonds is 6. The van der Waals surface area contributed by atoms with Gasteiger partial charge < -0.3 is 10.6 Å². The summed E-state index contributed by atoms with van der Waals surface area (Å²) in [5, 5.41) is 8.15. The highest BCUT2D eigenvalue weighted by Gasteiger charge is 2.28. The fourth-order valence-corrected chi connectivity index (χ4v) is 4.24. The Hall–Kier alpha value is -1.89. The van der Waals surface area contributed by atoms with Gasteiger partial charge in [0.25, 0.3) is 0 Å². The Morgan fingerprint density at radius 3 is 2.88 bits per heavy atom. The molecule has 1 fully saturated rings. The summed E-state index contributed by atoms with van der Waals surface area (Å²) < 4.78 is 0. The summed E-state index contributed by atoms with van der Waals surface area (Å²) >= 11 is 7.77. The summed E-state index contributed by atoms with van der Waals surface area (Å²) in [6.07, 6.45) is 2.16. The van der Waals surface area contributed by atoms with Crippen LogP contribution in [0.1, 0.15) is 29.3 Å². The van der Waals surface area contributed by atoms with Crippen molar-refractivity contribution >= 4 is 40.4 Å². The Labute approximate surface area is 162 Å². The Morgan fingerprint density at radius 1 is 1.27 bits per heavy atom. The third kappa shape index (κ3) is 4.63. The lowest BCUT2D eigenvalue weighted by molar-refractivity contribution is -0.125. The van der Waals surface area contributed by atoms with Crippen LogP contribution < -0.4 is 10.6 Å². The molecule has 1 aliphatic rings. The van der Waals surface area contributed by atoms with Gasteiger partial charge in [0.1, 0.15) is 0 Å². The molecule has 1 atom stereocenters. The lowest BCUT2D eigenvalue weighted by Gasteiger charge is -2.22. The Kier molecular flexibility index (Phi) is 6.29. The number of thiophene rings is 1. The summed E-state index contributed by atoms with van der Waals surface area (Å²) in [7, 11) is 0. The first-order chi connectivity index (χ1) is 12.5. The molecule has 0 aliphatic carbocycles. The maximum Gasteiger partial charge on any atom is 0.243 e. The molecule has 1 aliphatic heterocycles. The topological polar surface area (TPSA) is 61.4 Å². The summed E-state index contributed by atoms with van der Waals surface area (Å²) in [5.74, 6) is -0.397. The number of anilines is 1. The Morgan fingerprint density at radius 2 is 2.12 bits per heavy atom. The lowest BCUT2D eigenvalue weighted by Crippen LogP contribution is -2.40. The zero-order valence-corrected chi connectivity index (χ0v) is 16.2. The van der Waals surface area contributed by atoms with Gasteiger partial charge in [0, 0.05) is 21.6 Å². The molecule has 0 bridgehead atoms. The van der Waals surface area contributed by atoms with E-state index in [2.05, 4.69) is 27.0 Å². The molecule has 26 heavy (non-hydrogen) atoms. The number of carbonyl (C=O) groups excluding carboxylic acids is 2. The zero-order chi connectivity index (χ0) is 18.5. The van der Waals surface area contributed by atoms with E-state index in [1.54, 1.807) is 29.5 Å². The molecule has 1 aromatic heterocycles. The van der Waals surface area contributed by atoms with Crippen LogP contribution in [-0.4, -0.2) is 36.3 Å². The monoisotopic (exact) mass is 391 g/mol. The molecule has 2 heterocycles. The smallest absolute Gasteiger partial charge is 0.243 e. The van der Waals surface area contributed by atoms with E-state index < -0.39 is 0 Å². The van der Waals surface area contributed by atoms with Crippen molar-refractivity contribution in [3.8, 4) is 0 Å². The van der Waals surface area contributed by atoms with E-state index in [-0.39, 0.29) is 18.4 Å². The van der Waals surface area contributed by atoms with Crippen molar-refractivity contribution in [2.45, 2.75) is 25.8 Å². The predicted octanol–water partition coefficient (Wildman–Crippen LogP) is 3.60. The third-order valence-corrected chi connectivity index (χ3v) is 5.95. The minimum absolute atomic E-state index is 0.0533. The molecule has 138 valence electrons. The summed E-state index contributed by atoms with van der Waals surface area (Å²) in [5.41, 5.74) is 1.47. The first kappa shape index (κ1) is 18.9. The van der Waals surface area contributed by atoms with E-state index in [0.29, 0.717) is 23.3 Å². The van der Waals surface area contributed by atoms with Crippen molar-refractivity contribution in [3.05, 3.63) is 51.2 Å². The zero-order valence-electron chi connectivity index (χ0n) is 14.6. The number of carbonyl (C=O) groups is 2. The Balaban J connectivity index is 1.48. The first-order valence-corrected chi connectivity index (χ1v) is 9.89. The van der Waals surface area contributed by atoms with Crippen molar-refractivity contribution in [3.63, 3.8) is 0 Å². The molecule has 0 unspecified atom stereocenters. The van der Waals surface area contributed by atoms with Crippen LogP contribution >= 0.6 is 22.9 Å². The van der Waals surface area contributed by atoms with Crippen LogP contribution in [0.3, 0.4) is 0 Å². The minimum Gasteiger partial charge on any atom is -0.346 e. The van der Waals surface area contributed by atoms with Gasteiger partial charge in [-0.05, 0) is 55.5 Å². The van der Waals surface area contributed by atoms with Gasteiger partial charge in [0.05, 0.1) is 13.1 Å². The minimum atomic E-state index is -0.264. The maximum absolute atomic E-state index is 12.2. The van der Waals surface area contributed by atoms with E-state index in [0.717, 1.165) is 24.9 Å². The molecule has 1 aromatic carbocycles. The lowest BCUT2D eigenvalue weighted by atomic mass is 10.2.